The average Bonchev–Trinajstić information content (AvgIpc) is 3.45. The van der Waals surface area contributed by atoms with Gasteiger partial charge in [-0.05, 0) is 37.8 Å². The van der Waals surface area contributed by atoms with Crippen LogP contribution >= 0.6 is 0 Å². The van der Waals surface area contributed by atoms with Gasteiger partial charge in [-0.25, -0.2) is 4.39 Å². The van der Waals surface area contributed by atoms with Gasteiger partial charge in [-0.3, -0.25) is 4.79 Å². The Morgan fingerprint density at radius 2 is 1.93 bits per heavy atom. The Morgan fingerprint density at radius 3 is 2.52 bits per heavy atom. The molecule has 0 radical (unpaired) electrons. The molecule has 3 N–H and O–H groups in total. The van der Waals surface area contributed by atoms with Crippen molar-refractivity contribution < 1.29 is 30.8 Å². The molecule has 1 aliphatic carbocycles. The van der Waals surface area contributed by atoms with Gasteiger partial charge in [0.1, 0.15) is 22.6 Å². The largest absolute Gasteiger partial charge is 0.408 e. The van der Waals surface area contributed by atoms with Crippen molar-refractivity contribution >= 4 is 33.1 Å². The van der Waals surface area contributed by atoms with Crippen LogP contribution in [-0.4, -0.2) is 38.9 Å². The van der Waals surface area contributed by atoms with Crippen molar-refractivity contribution in [3.63, 3.8) is 0 Å². The molecule has 158 valence electrons. The zero-order chi connectivity index (χ0) is 21.1. The van der Waals surface area contributed by atoms with Crippen LogP contribution in [0, 0.1) is 17.7 Å². The summed E-state index contributed by atoms with van der Waals surface area (Å²) in [6.45, 7) is -0.231. The Bertz CT molecular complexity index is 1000. The Hall–Kier alpha value is -2.37. The molecule has 1 saturated heterocycles. The Balaban J connectivity index is 1.81. The van der Waals surface area contributed by atoms with Crippen molar-refractivity contribution in [2.75, 3.05) is 16.8 Å². The summed E-state index contributed by atoms with van der Waals surface area (Å²) in [4.78, 5) is 11.8. The molecular weight excluding hydrogens is 416 g/mol. The molecule has 2 atom stereocenters. The van der Waals surface area contributed by atoms with E-state index in [0.29, 0.717) is 12.8 Å². The van der Waals surface area contributed by atoms with Crippen LogP contribution in [0.15, 0.2) is 21.4 Å². The standard InChI is InChI=1S/C17H18F4N4O3S/c18-10-6-11(25-4-3-9(15(22)26)5-13(25)17(19,20)21)14-12(7-10)29(27,28)24-16(23-14)8-1-2-8/h6-9,13H,1-5H2,(H2,22,26)(H,23,24)/t9-,13+/m1/s1. The van der Waals surface area contributed by atoms with E-state index in [4.69, 9.17) is 5.73 Å². The van der Waals surface area contributed by atoms with E-state index >= 15 is 0 Å². The summed E-state index contributed by atoms with van der Waals surface area (Å²) in [6.07, 6.45) is -3.84. The molecule has 0 aromatic heterocycles. The third-order valence-corrected chi connectivity index (χ3v) is 6.77. The average molecular weight is 434 g/mol. The molecule has 29 heavy (non-hydrogen) atoms. The highest BCUT2D eigenvalue weighted by molar-refractivity contribution is 7.90. The number of fused-ring (bicyclic) bond motifs is 1. The van der Waals surface area contributed by atoms with Crippen molar-refractivity contribution in [2.45, 2.75) is 42.8 Å². The number of carbonyl (C=O) groups is 1. The number of hydrogen-bond donors (Lipinski definition) is 2. The van der Waals surface area contributed by atoms with Gasteiger partial charge in [0.05, 0.1) is 11.4 Å². The number of nitrogens with two attached hydrogens (primary N) is 1. The summed E-state index contributed by atoms with van der Waals surface area (Å²) in [5.41, 5.74) is 4.86. The molecule has 0 spiro atoms. The minimum absolute atomic E-state index is 0.0452. The van der Waals surface area contributed by atoms with E-state index in [1.807, 2.05) is 0 Å². The second-order valence-electron chi connectivity index (χ2n) is 7.52. The fourth-order valence-corrected chi connectivity index (χ4v) is 5.04. The molecule has 1 saturated carbocycles. The molecule has 4 rings (SSSR count). The minimum Gasteiger partial charge on any atom is -0.369 e. The SMILES string of the molecule is NC(=O)[C@@H]1CCN(c2cc(F)cc3c2NC(C2CC2)=NS3(=O)=O)[C@H](C(F)(F)F)C1. The first-order valence-electron chi connectivity index (χ1n) is 9.05. The summed E-state index contributed by atoms with van der Waals surface area (Å²) in [5, 5.41) is 2.82. The van der Waals surface area contributed by atoms with Crippen molar-refractivity contribution in [1.29, 1.82) is 0 Å². The van der Waals surface area contributed by atoms with E-state index in [0.717, 1.165) is 17.0 Å². The molecule has 3 aliphatic rings. The number of alkyl halides is 3. The molecule has 2 aliphatic heterocycles. The van der Waals surface area contributed by atoms with E-state index in [9.17, 15) is 30.8 Å². The monoisotopic (exact) mass is 434 g/mol. The number of hydrogen-bond acceptors (Lipinski definition) is 5. The highest BCUT2D eigenvalue weighted by Gasteiger charge is 2.49. The van der Waals surface area contributed by atoms with Gasteiger partial charge in [0.2, 0.25) is 5.91 Å². The second-order valence-corrected chi connectivity index (χ2v) is 9.10. The second kappa shape index (κ2) is 6.57. The Kier molecular flexibility index (Phi) is 4.52. The number of benzene rings is 1. The maximum absolute atomic E-state index is 14.2. The molecule has 0 unspecified atom stereocenters. The number of halogens is 4. The minimum atomic E-state index is -4.73. The topological polar surface area (TPSA) is 105 Å². The zero-order valence-electron chi connectivity index (χ0n) is 15.0. The fraction of sp³-hybridized carbons (Fsp3) is 0.529. The van der Waals surface area contributed by atoms with Crippen molar-refractivity contribution in [1.82, 2.24) is 0 Å². The van der Waals surface area contributed by atoms with Gasteiger partial charge in [0.15, 0.2) is 0 Å². The lowest BCUT2D eigenvalue weighted by molar-refractivity contribution is -0.157. The lowest BCUT2D eigenvalue weighted by atomic mass is 9.89. The summed E-state index contributed by atoms with van der Waals surface area (Å²) in [7, 11) is -4.25. The summed E-state index contributed by atoms with van der Waals surface area (Å²) < 4.78 is 84.2. The maximum atomic E-state index is 14.2. The maximum Gasteiger partial charge on any atom is 0.408 e. The molecule has 12 heteroatoms. The van der Waals surface area contributed by atoms with Gasteiger partial charge in [-0.1, -0.05) is 0 Å². The molecule has 1 aromatic rings. The molecule has 2 fully saturated rings. The van der Waals surface area contributed by atoms with Crippen LogP contribution in [0.5, 0.6) is 0 Å². The van der Waals surface area contributed by atoms with Gasteiger partial charge < -0.3 is 16.0 Å². The van der Waals surface area contributed by atoms with Crippen molar-refractivity contribution in [3.05, 3.63) is 17.9 Å². The van der Waals surface area contributed by atoms with Crippen LogP contribution in [0.2, 0.25) is 0 Å². The smallest absolute Gasteiger partial charge is 0.369 e. The first kappa shape index (κ1) is 19.9. The van der Waals surface area contributed by atoms with Crippen LogP contribution in [0.1, 0.15) is 25.7 Å². The number of primary amides is 1. The third kappa shape index (κ3) is 3.65. The molecule has 0 bridgehead atoms. The molecular formula is C17H18F4N4O3S. The highest BCUT2D eigenvalue weighted by atomic mass is 32.2. The van der Waals surface area contributed by atoms with E-state index < -0.39 is 51.2 Å². The van der Waals surface area contributed by atoms with Gasteiger partial charge in [0.25, 0.3) is 10.0 Å². The first-order valence-corrected chi connectivity index (χ1v) is 10.5. The summed E-state index contributed by atoms with van der Waals surface area (Å²) in [6, 6.07) is -0.486. The molecule has 2 heterocycles. The molecule has 1 aromatic carbocycles. The number of sulfonamides is 1. The van der Waals surface area contributed by atoms with Gasteiger partial charge in [0, 0.05) is 18.4 Å². The number of anilines is 2. The first-order chi connectivity index (χ1) is 13.5. The number of rotatable bonds is 3. The number of amides is 1. The number of nitrogens with one attached hydrogen (secondary N) is 1. The number of amidine groups is 1. The predicted octanol–water partition coefficient (Wildman–Crippen LogP) is 2.38. The van der Waals surface area contributed by atoms with E-state index in [1.54, 1.807) is 0 Å². The Labute approximate surface area is 164 Å². The quantitative estimate of drug-likeness (QED) is 0.711. The van der Waals surface area contributed by atoms with E-state index in [-0.39, 0.29) is 36.1 Å². The van der Waals surface area contributed by atoms with Crippen LogP contribution in [0.4, 0.5) is 28.9 Å². The number of piperidine rings is 1. The van der Waals surface area contributed by atoms with Crippen molar-refractivity contribution in [2.24, 2.45) is 22.0 Å². The van der Waals surface area contributed by atoms with E-state index in [1.165, 1.54) is 0 Å². The van der Waals surface area contributed by atoms with Gasteiger partial charge >= 0.3 is 6.18 Å². The van der Waals surface area contributed by atoms with Crippen LogP contribution in [0.25, 0.3) is 0 Å². The van der Waals surface area contributed by atoms with Crippen LogP contribution in [0.3, 0.4) is 0 Å². The zero-order valence-corrected chi connectivity index (χ0v) is 15.9. The molecule has 7 nitrogen and oxygen atoms in total. The lowest BCUT2D eigenvalue weighted by Crippen LogP contribution is -2.53. The van der Waals surface area contributed by atoms with Gasteiger partial charge in [-0.2, -0.15) is 21.6 Å². The normalized spacial score (nSPS) is 26.3. The van der Waals surface area contributed by atoms with Gasteiger partial charge in [-0.15, -0.1) is 4.40 Å². The predicted molar refractivity (Wildman–Crippen MR) is 96.5 cm³/mol. The highest BCUT2D eigenvalue weighted by Crippen LogP contribution is 2.45. The molecule has 1 amide bonds. The summed E-state index contributed by atoms with van der Waals surface area (Å²) >= 11 is 0. The number of carbonyl (C=O) groups excluding carboxylic acids is 1. The number of nitrogens with zero attached hydrogens (tertiary/aromatic N) is 2. The Morgan fingerprint density at radius 1 is 1.24 bits per heavy atom. The van der Waals surface area contributed by atoms with E-state index in [2.05, 4.69) is 9.71 Å². The van der Waals surface area contributed by atoms with Crippen LogP contribution in [-0.2, 0) is 14.8 Å². The third-order valence-electron chi connectivity index (χ3n) is 5.45. The fourth-order valence-electron chi connectivity index (χ4n) is 3.81. The summed E-state index contributed by atoms with van der Waals surface area (Å²) in [5.74, 6) is -2.76. The van der Waals surface area contributed by atoms with Crippen LogP contribution < -0.4 is 16.0 Å². The lowest BCUT2D eigenvalue weighted by Gasteiger charge is -2.42. The van der Waals surface area contributed by atoms with Crippen molar-refractivity contribution in [3.8, 4) is 0 Å².